The number of halogens is 2. The van der Waals surface area contributed by atoms with Gasteiger partial charge in [0.05, 0.1) is 28.1 Å². The SMILES string of the molecule is C.CC1CCC(c2ccc([N+](=O)[O-])cc2F)CC1.O=[N+]([O-])c1ccc(C2CCC(O)CC2)c(F)c1. The van der Waals surface area contributed by atoms with Gasteiger partial charge in [0.1, 0.15) is 11.6 Å². The molecule has 0 saturated heterocycles. The van der Waals surface area contributed by atoms with Crippen LogP contribution in [0.25, 0.3) is 0 Å². The molecule has 2 fully saturated rings. The molecule has 192 valence electrons. The van der Waals surface area contributed by atoms with Gasteiger partial charge in [0, 0.05) is 12.1 Å². The molecule has 0 atom stereocenters. The topological polar surface area (TPSA) is 107 Å². The fourth-order valence-corrected chi connectivity index (χ4v) is 4.88. The van der Waals surface area contributed by atoms with E-state index in [0.29, 0.717) is 29.9 Å². The van der Waals surface area contributed by atoms with Gasteiger partial charge in [-0.15, -0.1) is 0 Å². The van der Waals surface area contributed by atoms with Crippen molar-refractivity contribution < 1.29 is 23.7 Å². The number of benzene rings is 2. The predicted molar refractivity (Wildman–Crippen MR) is 130 cm³/mol. The highest BCUT2D eigenvalue weighted by molar-refractivity contribution is 5.37. The summed E-state index contributed by atoms with van der Waals surface area (Å²) < 4.78 is 27.5. The summed E-state index contributed by atoms with van der Waals surface area (Å²) in [7, 11) is 0. The van der Waals surface area contributed by atoms with Crippen molar-refractivity contribution in [3.63, 3.8) is 0 Å². The van der Waals surface area contributed by atoms with Crippen molar-refractivity contribution >= 4 is 11.4 Å². The Hall–Kier alpha value is -2.94. The summed E-state index contributed by atoms with van der Waals surface area (Å²) in [5, 5.41) is 30.4. The number of nitrogens with zero attached hydrogens (tertiary/aromatic N) is 2. The molecule has 2 aliphatic carbocycles. The number of hydrogen-bond donors (Lipinski definition) is 1. The van der Waals surface area contributed by atoms with E-state index < -0.39 is 21.5 Å². The molecule has 2 aromatic carbocycles. The van der Waals surface area contributed by atoms with Crippen LogP contribution in [-0.2, 0) is 0 Å². The summed E-state index contributed by atoms with van der Waals surface area (Å²) >= 11 is 0. The van der Waals surface area contributed by atoms with Crippen LogP contribution in [0.1, 0.15) is 88.7 Å². The molecule has 2 aromatic rings. The summed E-state index contributed by atoms with van der Waals surface area (Å²) in [6.07, 6.45) is 6.70. The Bertz CT molecular complexity index is 935. The lowest BCUT2D eigenvalue weighted by atomic mass is 9.79. The molecule has 7 nitrogen and oxygen atoms in total. The van der Waals surface area contributed by atoms with Crippen LogP contribution in [0.4, 0.5) is 20.2 Å². The van der Waals surface area contributed by atoms with Crippen LogP contribution in [0.15, 0.2) is 36.4 Å². The van der Waals surface area contributed by atoms with E-state index >= 15 is 0 Å². The van der Waals surface area contributed by atoms with E-state index in [4.69, 9.17) is 0 Å². The lowest BCUT2D eigenvalue weighted by Crippen LogP contribution is -2.17. The molecule has 4 rings (SSSR count). The van der Waals surface area contributed by atoms with Gasteiger partial charge in [-0.1, -0.05) is 27.2 Å². The van der Waals surface area contributed by atoms with Gasteiger partial charge in [-0.3, -0.25) is 20.2 Å². The minimum Gasteiger partial charge on any atom is -0.393 e. The van der Waals surface area contributed by atoms with Crippen molar-refractivity contribution in [3.8, 4) is 0 Å². The highest BCUT2D eigenvalue weighted by Gasteiger charge is 2.25. The third-order valence-corrected chi connectivity index (χ3v) is 6.98. The third-order valence-electron chi connectivity index (χ3n) is 6.98. The van der Waals surface area contributed by atoms with E-state index in [1.54, 1.807) is 6.07 Å². The van der Waals surface area contributed by atoms with Crippen LogP contribution in [0, 0.1) is 37.8 Å². The quantitative estimate of drug-likeness (QED) is 0.353. The van der Waals surface area contributed by atoms with Gasteiger partial charge in [-0.2, -0.15) is 0 Å². The first-order chi connectivity index (χ1) is 16.2. The number of non-ortho nitro benzene ring substituents is 2. The van der Waals surface area contributed by atoms with Gasteiger partial charge < -0.3 is 5.11 Å². The molecule has 35 heavy (non-hydrogen) atoms. The van der Waals surface area contributed by atoms with E-state index in [1.807, 2.05) is 0 Å². The van der Waals surface area contributed by atoms with Crippen molar-refractivity contribution in [2.24, 2.45) is 5.92 Å². The number of rotatable bonds is 4. The fraction of sp³-hybridized carbons (Fsp3) is 0.538. The molecule has 0 aliphatic heterocycles. The Kier molecular flexibility index (Phi) is 10.2. The van der Waals surface area contributed by atoms with E-state index in [2.05, 4.69) is 6.92 Å². The molecule has 2 saturated carbocycles. The van der Waals surface area contributed by atoms with Crippen LogP contribution in [-0.4, -0.2) is 21.1 Å². The zero-order valence-electron chi connectivity index (χ0n) is 19.2. The average Bonchev–Trinajstić information content (AvgIpc) is 2.81. The Morgan fingerprint density at radius 2 is 1.11 bits per heavy atom. The van der Waals surface area contributed by atoms with Crippen molar-refractivity contribution in [1.29, 1.82) is 0 Å². The number of aliphatic hydroxyl groups is 1. The highest BCUT2D eigenvalue weighted by Crippen LogP contribution is 2.37. The second kappa shape index (κ2) is 12.7. The summed E-state index contributed by atoms with van der Waals surface area (Å²) in [6.45, 7) is 2.21. The maximum absolute atomic E-state index is 13.8. The van der Waals surface area contributed by atoms with Crippen molar-refractivity contribution in [2.75, 3.05) is 0 Å². The van der Waals surface area contributed by atoms with Crippen LogP contribution in [0.5, 0.6) is 0 Å². The van der Waals surface area contributed by atoms with E-state index in [1.165, 1.54) is 18.2 Å². The fourth-order valence-electron chi connectivity index (χ4n) is 4.88. The van der Waals surface area contributed by atoms with Gasteiger partial charge in [0.15, 0.2) is 0 Å². The molecule has 0 aromatic heterocycles. The van der Waals surface area contributed by atoms with E-state index in [9.17, 15) is 34.1 Å². The lowest BCUT2D eigenvalue weighted by molar-refractivity contribution is -0.385. The molecule has 0 spiro atoms. The Balaban J connectivity index is 0.000000240. The smallest absolute Gasteiger partial charge is 0.272 e. The van der Waals surface area contributed by atoms with Gasteiger partial charge >= 0.3 is 0 Å². The molecule has 0 amide bonds. The molecule has 0 bridgehead atoms. The summed E-state index contributed by atoms with van der Waals surface area (Å²) in [5.41, 5.74) is 0.780. The third kappa shape index (κ3) is 7.52. The molecule has 9 heteroatoms. The standard InChI is InChI=1S/C13H16FNO2.C12H14FNO3.CH4/c1-9-2-4-10(5-3-9)12-7-6-11(15(16)17)8-13(12)14;13-12-7-9(14(16)17)3-6-11(12)8-1-4-10(15)5-2-8;/h6-10H,2-5H2,1H3;3,6-8,10,15H,1-2,4-5H2;1H4. The molecular weight excluding hydrogens is 458 g/mol. The summed E-state index contributed by atoms with van der Waals surface area (Å²) in [5.74, 6) is 0.0675. The number of aliphatic hydroxyl groups excluding tert-OH is 1. The Morgan fingerprint density at radius 1 is 0.743 bits per heavy atom. The monoisotopic (exact) mass is 492 g/mol. The first kappa shape index (κ1) is 28.3. The van der Waals surface area contributed by atoms with Crippen molar-refractivity contribution in [1.82, 2.24) is 0 Å². The van der Waals surface area contributed by atoms with Crippen LogP contribution >= 0.6 is 0 Å². The normalized spacial score (nSPS) is 23.9. The van der Waals surface area contributed by atoms with Crippen molar-refractivity contribution in [3.05, 3.63) is 79.4 Å². The van der Waals surface area contributed by atoms with Gasteiger partial charge in [0.25, 0.3) is 11.4 Å². The lowest BCUT2D eigenvalue weighted by Gasteiger charge is -2.26. The minimum atomic E-state index is -0.600. The van der Waals surface area contributed by atoms with Crippen LogP contribution in [0.2, 0.25) is 0 Å². The Morgan fingerprint density at radius 3 is 1.46 bits per heavy atom. The summed E-state index contributed by atoms with van der Waals surface area (Å²) in [4.78, 5) is 19.9. The maximum Gasteiger partial charge on any atom is 0.272 e. The Labute approximate surface area is 204 Å². The van der Waals surface area contributed by atoms with Gasteiger partial charge in [-0.05, 0) is 79.5 Å². The molecule has 0 radical (unpaired) electrons. The zero-order valence-corrected chi connectivity index (χ0v) is 19.2. The van der Waals surface area contributed by atoms with E-state index in [-0.39, 0.29) is 36.7 Å². The van der Waals surface area contributed by atoms with Crippen LogP contribution in [0.3, 0.4) is 0 Å². The number of hydrogen-bond acceptors (Lipinski definition) is 5. The largest absolute Gasteiger partial charge is 0.393 e. The second-order valence-electron chi connectivity index (χ2n) is 9.39. The number of nitro benzene ring substituents is 2. The molecule has 0 heterocycles. The van der Waals surface area contributed by atoms with Crippen molar-refractivity contribution in [2.45, 2.75) is 83.7 Å². The molecule has 0 unspecified atom stereocenters. The van der Waals surface area contributed by atoms with Gasteiger partial charge in [-0.25, -0.2) is 8.78 Å². The zero-order chi connectivity index (χ0) is 24.8. The average molecular weight is 493 g/mol. The second-order valence-corrected chi connectivity index (χ2v) is 9.39. The maximum atomic E-state index is 13.8. The number of nitro groups is 2. The summed E-state index contributed by atoms with van der Waals surface area (Å²) in [6, 6.07) is 7.82. The van der Waals surface area contributed by atoms with E-state index in [0.717, 1.165) is 50.7 Å². The molecule has 1 N–H and O–H groups in total. The highest BCUT2D eigenvalue weighted by atomic mass is 19.1. The molecule has 2 aliphatic rings. The predicted octanol–water partition coefficient (Wildman–Crippen LogP) is 7.42. The molecular formula is C26H34F2N2O5. The minimum absolute atomic E-state index is 0. The first-order valence-corrected chi connectivity index (χ1v) is 11.7. The first-order valence-electron chi connectivity index (χ1n) is 11.7. The van der Waals surface area contributed by atoms with Crippen LogP contribution < -0.4 is 0 Å². The van der Waals surface area contributed by atoms with Gasteiger partial charge in [0.2, 0.25) is 0 Å².